The van der Waals surface area contributed by atoms with Gasteiger partial charge in [0.1, 0.15) is 0 Å². The van der Waals surface area contributed by atoms with Crippen molar-refractivity contribution in [1.82, 2.24) is 5.32 Å². The van der Waals surface area contributed by atoms with E-state index in [2.05, 4.69) is 10.6 Å². The standard InChI is InChI=1S/C10H11F3N2/c11-10(12,13)8-2-1-7-6-14-3-4-15-9(7)5-8/h1-2,5,14-15H,3-4,6H2. The van der Waals surface area contributed by atoms with Crippen LogP contribution in [0, 0.1) is 0 Å². The van der Waals surface area contributed by atoms with Crippen LogP contribution in [0.15, 0.2) is 18.2 Å². The molecule has 0 fully saturated rings. The van der Waals surface area contributed by atoms with Gasteiger partial charge >= 0.3 is 6.18 Å². The zero-order chi connectivity index (χ0) is 10.9. The zero-order valence-corrected chi connectivity index (χ0v) is 7.99. The van der Waals surface area contributed by atoms with Crippen LogP contribution in [0.2, 0.25) is 0 Å². The van der Waals surface area contributed by atoms with Crippen molar-refractivity contribution in [3.8, 4) is 0 Å². The molecule has 0 aliphatic carbocycles. The summed E-state index contributed by atoms with van der Waals surface area (Å²) in [6.07, 6.45) is -4.27. The summed E-state index contributed by atoms with van der Waals surface area (Å²) >= 11 is 0. The smallest absolute Gasteiger partial charge is 0.383 e. The topological polar surface area (TPSA) is 24.1 Å². The molecule has 1 aliphatic rings. The minimum absolute atomic E-state index is 0.579. The van der Waals surface area contributed by atoms with Crippen molar-refractivity contribution in [2.75, 3.05) is 18.4 Å². The van der Waals surface area contributed by atoms with E-state index in [0.717, 1.165) is 18.2 Å². The van der Waals surface area contributed by atoms with Crippen LogP contribution >= 0.6 is 0 Å². The van der Waals surface area contributed by atoms with E-state index in [0.29, 0.717) is 18.8 Å². The fourth-order valence-electron chi connectivity index (χ4n) is 1.58. The second-order valence-corrected chi connectivity index (χ2v) is 3.47. The molecule has 0 aromatic heterocycles. The second kappa shape index (κ2) is 3.73. The summed E-state index contributed by atoms with van der Waals surface area (Å²) in [6, 6.07) is 3.80. The van der Waals surface area contributed by atoms with Gasteiger partial charge in [0.25, 0.3) is 0 Å². The molecule has 0 amide bonds. The van der Waals surface area contributed by atoms with Crippen molar-refractivity contribution in [2.45, 2.75) is 12.7 Å². The normalized spacial score (nSPS) is 16.5. The first kappa shape index (κ1) is 10.3. The first-order valence-corrected chi connectivity index (χ1v) is 4.72. The number of fused-ring (bicyclic) bond motifs is 1. The van der Waals surface area contributed by atoms with Crippen LogP contribution in [0.5, 0.6) is 0 Å². The van der Waals surface area contributed by atoms with Crippen LogP contribution in [-0.2, 0) is 12.7 Å². The highest BCUT2D eigenvalue weighted by molar-refractivity contribution is 5.54. The minimum atomic E-state index is -4.27. The molecular weight excluding hydrogens is 205 g/mol. The molecular formula is C10H11F3N2. The Balaban J connectivity index is 2.36. The molecule has 0 saturated heterocycles. The zero-order valence-electron chi connectivity index (χ0n) is 7.99. The molecule has 82 valence electrons. The van der Waals surface area contributed by atoms with E-state index in [4.69, 9.17) is 0 Å². The number of hydrogen-bond acceptors (Lipinski definition) is 2. The molecule has 2 rings (SSSR count). The van der Waals surface area contributed by atoms with E-state index in [-0.39, 0.29) is 0 Å². The third-order valence-corrected chi connectivity index (χ3v) is 2.37. The van der Waals surface area contributed by atoms with Crippen molar-refractivity contribution in [1.29, 1.82) is 0 Å². The molecule has 0 atom stereocenters. The van der Waals surface area contributed by atoms with Gasteiger partial charge in [-0.05, 0) is 17.7 Å². The lowest BCUT2D eigenvalue weighted by Gasteiger charge is -2.11. The lowest BCUT2D eigenvalue weighted by atomic mass is 10.1. The molecule has 0 unspecified atom stereocenters. The monoisotopic (exact) mass is 216 g/mol. The fourth-order valence-corrected chi connectivity index (χ4v) is 1.58. The average Bonchev–Trinajstić information content (AvgIpc) is 2.39. The first-order valence-electron chi connectivity index (χ1n) is 4.72. The van der Waals surface area contributed by atoms with Gasteiger partial charge in [-0.1, -0.05) is 6.07 Å². The maximum Gasteiger partial charge on any atom is 0.416 e. The van der Waals surface area contributed by atoms with E-state index in [1.165, 1.54) is 12.1 Å². The van der Waals surface area contributed by atoms with E-state index in [1.807, 2.05) is 0 Å². The third kappa shape index (κ3) is 2.23. The van der Waals surface area contributed by atoms with Crippen LogP contribution in [0.4, 0.5) is 18.9 Å². The molecule has 2 nitrogen and oxygen atoms in total. The molecule has 2 N–H and O–H groups in total. The number of nitrogens with one attached hydrogen (secondary N) is 2. The summed E-state index contributed by atoms with van der Waals surface area (Å²) in [5, 5.41) is 6.09. The van der Waals surface area contributed by atoms with Crippen molar-refractivity contribution < 1.29 is 13.2 Å². The summed E-state index contributed by atoms with van der Waals surface area (Å²) in [5.41, 5.74) is 0.853. The van der Waals surface area contributed by atoms with Gasteiger partial charge in [0.2, 0.25) is 0 Å². The molecule has 1 heterocycles. The molecule has 0 radical (unpaired) electrons. The highest BCUT2D eigenvalue weighted by atomic mass is 19.4. The maximum absolute atomic E-state index is 12.4. The molecule has 0 spiro atoms. The fraction of sp³-hybridized carbons (Fsp3) is 0.400. The van der Waals surface area contributed by atoms with Crippen molar-refractivity contribution in [2.24, 2.45) is 0 Å². The molecule has 5 heteroatoms. The number of hydrogen-bond donors (Lipinski definition) is 2. The first-order chi connectivity index (χ1) is 7.07. The molecule has 1 aromatic rings. The largest absolute Gasteiger partial charge is 0.416 e. The predicted molar refractivity (Wildman–Crippen MR) is 51.6 cm³/mol. The summed E-state index contributed by atoms with van der Waals surface area (Å²) in [4.78, 5) is 0. The SMILES string of the molecule is FC(F)(F)c1ccc2c(c1)NCCNC2. The summed E-state index contributed by atoms with van der Waals surface area (Å²) in [5.74, 6) is 0. The minimum Gasteiger partial charge on any atom is -0.383 e. The van der Waals surface area contributed by atoms with Gasteiger partial charge in [0.15, 0.2) is 0 Å². The van der Waals surface area contributed by atoms with E-state index >= 15 is 0 Å². The summed E-state index contributed by atoms with van der Waals surface area (Å²) in [6.45, 7) is 2.02. The van der Waals surface area contributed by atoms with Crippen molar-refractivity contribution in [3.05, 3.63) is 29.3 Å². The van der Waals surface area contributed by atoms with Crippen LogP contribution in [-0.4, -0.2) is 13.1 Å². The van der Waals surface area contributed by atoms with Crippen molar-refractivity contribution >= 4 is 5.69 Å². The van der Waals surface area contributed by atoms with Crippen LogP contribution < -0.4 is 10.6 Å². The second-order valence-electron chi connectivity index (χ2n) is 3.47. The Bertz CT molecular complexity index is 360. The Kier molecular flexibility index (Phi) is 2.56. The Morgan fingerprint density at radius 2 is 1.93 bits per heavy atom. The number of rotatable bonds is 0. The highest BCUT2D eigenvalue weighted by Crippen LogP contribution is 2.32. The Morgan fingerprint density at radius 1 is 1.13 bits per heavy atom. The Morgan fingerprint density at radius 3 is 2.67 bits per heavy atom. The molecule has 15 heavy (non-hydrogen) atoms. The van der Waals surface area contributed by atoms with Gasteiger partial charge in [-0.2, -0.15) is 13.2 Å². The lowest BCUT2D eigenvalue weighted by molar-refractivity contribution is -0.137. The number of anilines is 1. The predicted octanol–water partition coefficient (Wildman–Crippen LogP) is 2.22. The van der Waals surface area contributed by atoms with E-state index in [1.54, 1.807) is 0 Å². The lowest BCUT2D eigenvalue weighted by Crippen LogP contribution is -2.16. The van der Waals surface area contributed by atoms with Crippen LogP contribution in [0.1, 0.15) is 11.1 Å². The maximum atomic E-state index is 12.4. The molecule has 0 bridgehead atoms. The Labute approximate surface area is 85.5 Å². The van der Waals surface area contributed by atoms with Gasteiger partial charge < -0.3 is 10.6 Å². The number of halogens is 3. The summed E-state index contributed by atoms with van der Waals surface area (Å²) in [7, 11) is 0. The van der Waals surface area contributed by atoms with Crippen molar-refractivity contribution in [3.63, 3.8) is 0 Å². The van der Waals surface area contributed by atoms with E-state index < -0.39 is 11.7 Å². The third-order valence-electron chi connectivity index (χ3n) is 2.37. The molecule has 1 aromatic carbocycles. The van der Waals surface area contributed by atoms with Gasteiger partial charge in [-0.25, -0.2) is 0 Å². The van der Waals surface area contributed by atoms with Gasteiger partial charge in [-0.15, -0.1) is 0 Å². The average molecular weight is 216 g/mol. The Hall–Kier alpha value is -1.23. The number of benzene rings is 1. The number of alkyl halides is 3. The molecule has 1 aliphatic heterocycles. The summed E-state index contributed by atoms with van der Waals surface area (Å²) < 4.78 is 37.2. The van der Waals surface area contributed by atoms with Crippen LogP contribution in [0.3, 0.4) is 0 Å². The van der Waals surface area contributed by atoms with Gasteiger partial charge in [-0.3, -0.25) is 0 Å². The van der Waals surface area contributed by atoms with E-state index in [9.17, 15) is 13.2 Å². The van der Waals surface area contributed by atoms with Gasteiger partial charge in [0.05, 0.1) is 5.56 Å². The highest BCUT2D eigenvalue weighted by Gasteiger charge is 2.31. The quantitative estimate of drug-likeness (QED) is 0.694. The molecule has 0 saturated carbocycles. The van der Waals surface area contributed by atoms with Crippen LogP contribution in [0.25, 0.3) is 0 Å². The van der Waals surface area contributed by atoms with Gasteiger partial charge in [0, 0.05) is 25.3 Å².